The van der Waals surface area contributed by atoms with E-state index in [1.54, 1.807) is 0 Å². The molecule has 0 saturated carbocycles. The molecule has 0 radical (unpaired) electrons. The molecule has 18 heavy (non-hydrogen) atoms. The van der Waals surface area contributed by atoms with Crippen LogP contribution in [0.4, 0.5) is 0 Å². The molecule has 1 N–H and O–H groups in total. The van der Waals surface area contributed by atoms with Gasteiger partial charge < -0.3 is 5.32 Å². The van der Waals surface area contributed by atoms with E-state index >= 15 is 0 Å². The number of rotatable bonds is 6. The molecule has 3 heteroatoms. The fraction of sp³-hybridized carbons (Fsp3) is 0.800. The molecule has 0 fully saturated rings. The maximum atomic E-state index is 4.67. The van der Waals surface area contributed by atoms with Gasteiger partial charge in [0.15, 0.2) is 0 Å². The molecule has 1 atom stereocenters. The molecule has 0 spiro atoms. The standard InChI is InChI=1S/C15H27N3/c1-4-10-16-14-8-7-9-15-13(14)11-17-18(15)12(5-2)6-3/h11-12,14,16H,4-10H2,1-3H3. The first-order valence-electron chi connectivity index (χ1n) is 7.61. The first-order chi connectivity index (χ1) is 8.81. The molecule has 1 unspecified atom stereocenters. The van der Waals surface area contributed by atoms with E-state index in [0.29, 0.717) is 12.1 Å². The van der Waals surface area contributed by atoms with Crippen molar-refractivity contribution in [3.05, 3.63) is 17.5 Å². The number of fused-ring (bicyclic) bond motifs is 1. The predicted molar refractivity (Wildman–Crippen MR) is 75.8 cm³/mol. The largest absolute Gasteiger partial charge is 0.310 e. The molecule has 0 bridgehead atoms. The minimum atomic E-state index is 0.539. The lowest BCUT2D eigenvalue weighted by Crippen LogP contribution is -2.26. The molecule has 1 aliphatic carbocycles. The van der Waals surface area contributed by atoms with E-state index in [2.05, 4.69) is 42.1 Å². The van der Waals surface area contributed by atoms with Crippen molar-refractivity contribution < 1.29 is 0 Å². The van der Waals surface area contributed by atoms with Crippen LogP contribution in [0.15, 0.2) is 6.20 Å². The van der Waals surface area contributed by atoms with Crippen molar-refractivity contribution in [1.82, 2.24) is 15.1 Å². The van der Waals surface area contributed by atoms with Gasteiger partial charge in [-0.15, -0.1) is 0 Å². The van der Waals surface area contributed by atoms with Gasteiger partial charge in [-0.3, -0.25) is 4.68 Å². The van der Waals surface area contributed by atoms with Gasteiger partial charge in [0.25, 0.3) is 0 Å². The average molecular weight is 249 g/mol. The lowest BCUT2D eigenvalue weighted by molar-refractivity contribution is 0.394. The first kappa shape index (κ1) is 13.6. The highest BCUT2D eigenvalue weighted by Gasteiger charge is 2.25. The zero-order valence-corrected chi connectivity index (χ0v) is 12.1. The summed E-state index contributed by atoms with van der Waals surface area (Å²) in [6.07, 6.45) is 9.43. The van der Waals surface area contributed by atoms with Crippen molar-refractivity contribution in [2.45, 2.75) is 71.4 Å². The highest BCUT2D eigenvalue weighted by atomic mass is 15.3. The van der Waals surface area contributed by atoms with Crippen LogP contribution in [-0.2, 0) is 6.42 Å². The summed E-state index contributed by atoms with van der Waals surface area (Å²) in [4.78, 5) is 0. The normalized spacial score (nSPS) is 19.2. The summed E-state index contributed by atoms with van der Waals surface area (Å²) < 4.78 is 2.30. The molecule has 1 aromatic heterocycles. The van der Waals surface area contributed by atoms with Gasteiger partial charge in [0.05, 0.1) is 12.2 Å². The van der Waals surface area contributed by atoms with E-state index in [1.807, 2.05) is 0 Å². The lowest BCUT2D eigenvalue weighted by Gasteiger charge is -2.26. The number of nitrogens with one attached hydrogen (secondary N) is 1. The third-order valence-electron chi connectivity index (χ3n) is 4.14. The van der Waals surface area contributed by atoms with Gasteiger partial charge in [-0.25, -0.2) is 0 Å². The Balaban J connectivity index is 2.20. The Hall–Kier alpha value is -0.830. The molecule has 1 heterocycles. The molecular formula is C15H27N3. The topological polar surface area (TPSA) is 29.9 Å². The minimum absolute atomic E-state index is 0.539. The third-order valence-corrected chi connectivity index (χ3v) is 4.14. The summed E-state index contributed by atoms with van der Waals surface area (Å²) >= 11 is 0. The number of aromatic nitrogens is 2. The Morgan fingerprint density at radius 1 is 1.39 bits per heavy atom. The maximum absolute atomic E-state index is 4.67. The number of hydrogen-bond acceptors (Lipinski definition) is 2. The molecule has 1 aliphatic rings. The molecule has 0 saturated heterocycles. The van der Waals surface area contributed by atoms with E-state index in [0.717, 1.165) is 6.54 Å². The van der Waals surface area contributed by atoms with Gasteiger partial charge in [0.1, 0.15) is 0 Å². The van der Waals surface area contributed by atoms with Crippen LogP contribution in [0, 0.1) is 0 Å². The van der Waals surface area contributed by atoms with Crippen molar-refractivity contribution in [2.24, 2.45) is 0 Å². The second-order valence-corrected chi connectivity index (χ2v) is 5.36. The van der Waals surface area contributed by atoms with Crippen LogP contribution in [0.5, 0.6) is 0 Å². The first-order valence-corrected chi connectivity index (χ1v) is 7.61. The van der Waals surface area contributed by atoms with Gasteiger partial charge >= 0.3 is 0 Å². The van der Waals surface area contributed by atoms with Gasteiger partial charge in [-0.1, -0.05) is 20.8 Å². The van der Waals surface area contributed by atoms with Gasteiger partial charge in [0, 0.05) is 17.3 Å². The second kappa shape index (κ2) is 6.37. The quantitative estimate of drug-likeness (QED) is 0.834. The van der Waals surface area contributed by atoms with Crippen LogP contribution in [0.3, 0.4) is 0 Å². The lowest BCUT2D eigenvalue weighted by atomic mass is 9.92. The summed E-state index contributed by atoms with van der Waals surface area (Å²) in [5, 5.41) is 8.34. The van der Waals surface area contributed by atoms with Crippen LogP contribution in [0.2, 0.25) is 0 Å². The maximum Gasteiger partial charge on any atom is 0.0540 e. The van der Waals surface area contributed by atoms with Crippen molar-refractivity contribution in [2.75, 3.05) is 6.54 Å². The molecule has 1 aromatic rings. The monoisotopic (exact) mass is 249 g/mol. The summed E-state index contributed by atoms with van der Waals surface area (Å²) in [6, 6.07) is 1.12. The van der Waals surface area contributed by atoms with Crippen molar-refractivity contribution in [1.29, 1.82) is 0 Å². The van der Waals surface area contributed by atoms with Gasteiger partial charge in [-0.2, -0.15) is 5.10 Å². The van der Waals surface area contributed by atoms with E-state index in [4.69, 9.17) is 0 Å². The average Bonchev–Trinajstić information content (AvgIpc) is 2.83. The summed E-state index contributed by atoms with van der Waals surface area (Å²) in [5.41, 5.74) is 2.95. The molecule has 0 amide bonds. The van der Waals surface area contributed by atoms with Crippen molar-refractivity contribution >= 4 is 0 Å². The summed E-state index contributed by atoms with van der Waals surface area (Å²) in [5.74, 6) is 0. The van der Waals surface area contributed by atoms with Crippen LogP contribution >= 0.6 is 0 Å². The Kier molecular flexibility index (Phi) is 4.81. The Bertz CT molecular complexity index is 366. The predicted octanol–water partition coefficient (Wildman–Crippen LogP) is 3.62. The molecule has 2 rings (SSSR count). The summed E-state index contributed by atoms with van der Waals surface area (Å²) in [7, 11) is 0. The highest BCUT2D eigenvalue weighted by molar-refractivity contribution is 5.25. The van der Waals surface area contributed by atoms with E-state index in [-0.39, 0.29) is 0 Å². The highest BCUT2D eigenvalue weighted by Crippen LogP contribution is 2.32. The SMILES string of the molecule is CCCNC1CCCc2c1cnn2C(CC)CC. The van der Waals surface area contributed by atoms with Crippen LogP contribution in [0.1, 0.15) is 76.2 Å². The fourth-order valence-electron chi connectivity index (χ4n) is 3.06. The van der Waals surface area contributed by atoms with Crippen molar-refractivity contribution in [3.63, 3.8) is 0 Å². The summed E-state index contributed by atoms with van der Waals surface area (Å²) in [6.45, 7) is 7.86. The molecule has 102 valence electrons. The molecule has 3 nitrogen and oxygen atoms in total. The molecular weight excluding hydrogens is 222 g/mol. The Morgan fingerprint density at radius 3 is 2.83 bits per heavy atom. The van der Waals surface area contributed by atoms with Gasteiger partial charge in [0.2, 0.25) is 0 Å². The zero-order chi connectivity index (χ0) is 13.0. The van der Waals surface area contributed by atoms with E-state index in [1.165, 1.54) is 49.8 Å². The van der Waals surface area contributed by atoms with Gasteiger partial charge in [-0.05, 0) is 45.1 Å². The number of hydrogen-bond donors (Lipinski definition) is 1. The van der Waals surface area contributed by atoms with Crippen LogP contribution < -0.4 is 5.32 Å². The van der Waals surface area contributed by atoms with Crippen LogP contribution in [0.25, 0.3) is 0 Å². The Morgan fingerprint density at radius 2 is 2.17 bits per heavy atom. The Labute approximate surface area is 111 Å². The fourth-order valence-corrected chi connectivity index (χ4v) is 3.06. The molecule has 0 aliphatic heterocycles. The van der Waals surface area contributed by atoms with E-state index in [9.17, 15) is 0 Å². The second-order valence-electron chi connectivity index (χ2n) is 5.36. The van der Waals surface area contributed by atoms with Crippen LogP contribution in [-0.4, -0.2) is 16.3 Å². The smallest absolute Gasteiger partial charge is 0.0540 e. The zero-order valence-electron chi connectivity index (χ0n) is 12.1. The number of nitrogens with zero attached hydrogens (tertiary/aromatic N) is 2. The minimum Gasteiger partial charge on any atom is -0.310 e. The van der Waals surface area contributed by atoms with Crippen molar-refractivity contribution in [3.8, 4) is 0 Å². The van der Waals surface area contributed by atoms with E-state index < -0.39 is 0 Å². The molecule has 0 aromatic carbocycles. The third kappa shape index (κ3) is 2.61.